The SMILES string of the molecule is CCc1cc(NC(=O)c2cccc(CC(C)c3cc(NS(C)(=O)=O)cc(C)n3)c2)cc(C)n1. The molecule has 1 unspecified atom stereocenters. The molecule has 174 valence electrons. The Kier molecular flexibility index (Phi) is 7.48. The first-order chi connectivity index (χ1) is 15.5. The number of aryl methyl sites for hydroxylation is 3. The van der Waals surface area contributed by atoms with Crippen LogP contribution in [-0.2, 0) is 22.9 Å². The van der Waals surface area contributed by atoms with E-state index in [1.165, 1.54) is 0 Å². The van der Waals surface area contributed by atoms with Gasteiger partial charge in [-0.3, -0.25) is 19.5 Å². The minimum Gasteiger partial charge on any atom is -0.322 e. The number of rotatable bonds is 8. The molecule has 2 heterocycles. The van der Waals surface area contributed by atoms with Crippen LogP contribution in [0, 0.1) is 13.8 Å². The number of benzene rings is 1. The maximum Gasteiger partial charge on any atom is 0.255 e. The smallest absolute Gasteiger partial charge is 0.255 e. The van der Waals surface area contributed by atoms with Crippen molar-refractivity contribution in [3.63, 3.8) is 0 Å². The summed E-state index contributed by atoms with van der Waals surface area (Å²) in [5.41, 5.74) is 6.12. The molecule has 1 aromatic carbocycles. The van der Waals surface area contributed by atoms with Crippen molar-refractivity contribution in [2.45, 2.75) is 46.5 Å². The largest absolute Gasteiger partial charge is 0.322 e. The van der Waals surface area contributed by atoms with E-state index in [0.717, 1.165) is 46.7 Å². The highest BCUT2D eigenvalue weighted by Crippen LogP contribution is 2.24. The Morgan fingerprint density at radius 1 is 1.00 bits per heavy atom. The molecule has 0 aliphatic heterocycles. The molecule has 0 aliphatic rings. The summed E-state index contributed by atoms with van der Waals surface area (Å²) in [7, 11) is -3.37. The van der Waals surface area contributed by atoms with Crippen LogP contribution in [-0.4, -0.2) is 30.5 Å². The number of hydrogen-bond donors (Lipinski definition) is 2. The van der Waals surface area contributed by atoms with Crippen LogP contribution in [0.4, 0.5) is 11.4 Å². The van der Waals surface area contributed by atoms with Gasteiger partial charge in [-0.05, 0) is 68.7 Å². The number of aromatic nitrogens is 2. The van der Waals surface area contributed by atoms with Gasteiger partial charge in [0.2, 0.25) is 10.0 Å². The van der Waals surface area contributed by atoms with Crippen LogP contribution >= 0.6 is 0 Å². The Hall–Kier alpha value is -3.26. The van der Waals surface area contributed by atoms with Crippen molar-refractivity contribution >= 4 is 27.3 Å². The molecular formula is C25H30N4O3S. The Morgan fingerprint density at radius 3 is 2.39 bits per heavy atom. The number of amides is 1. The zero-order valence-corrected chi connectivity index (χ0v) is 20.5. The minimum absolute atomic E-state index is 0.0262. The second-order valence-electron chi connectivity index (χ2n) is 8.40. The van der Waals surface area contributed by atoms with E-state index < -0.39 is 10.0 Å². The van der Waals surface area contributed by atoms with Gasteiger partial charge in [-0.1, -0.05) is 26.0 Å². The number of sulfonamides is 1. The molecule has 7 nitrogen and oxygen atoms in total. The molecule has 2 aromatic heterocycles. The zero-order valence-electron chi connectivity index (χ0n) is 19.6. The maximum atomic E-state index is 12.8. The third-order valence-corrected chi connectivity index (χ3v) is 5.75. The van der Waals surface area contributed by atoms with Gasteiger partial charge in [0.25, 0.3) is 5.91 Å². The molecule has 33 heavy (non-hydrogen) atoms. The average molecular weight is 467 g/mol. The van der Waals surface area contributed by atoms with Gasteiger partial charge in [-0.2, -0.15) is 0 Å². The van der Waals surface area contributed by atoms with Gasteiger partial charge >= 0.3 is 0 Å². The normalized spacial score (nSPS) is 12.3. The number of pyridine rings is 2. The molecule has 3 aromatic rings. The number of anilines is 2. The first-order valence-corrected chi connectivity index (χ1v) is 12.8. The quantitative estimate of drug-likeness (QED) is 0.504. The fourth-order valence-electron chi connectivity index (χ4n) is 3.71. The van der Waals surface area contributed by atoms with Gasteiger partial charge in [0.05, 0.1) is 11.9 Å². The van der Waals surface area contributed by atoms with Gasteiger partial charge in [-0.15, -0.1) is 0 Å². The Balaban J connectivity index is 1.76. The Bertz CT molecular complexity index is 1270. The van der Waals surface area contributed by atoms with E-state index in [0.29, 0.717) is 17.7 Å². The molecule has 8 heteroatoms. The third kappa shape index (κ3) is 7.12. The topological polar surface area (TPSA) is 101 Å². The van der Waals surface area contributed by atoms with Crippen LogP contribution in [0.25, 0.3) is 0 Å². The fraction of sp³-hybridized carbons (Fsp3) is 0.320. The molecule has 1 atom stereocenters. The standard InChI is InChI=1S/C25H30N4O3S/c1-6-21-14-22(11-17(3)26-21)28-25(30)20-9-7-8-19(13-20)10-16(2)24-15-23(12-18(4)27-24)29-33(5,31)32/h7-9,11-16H,6,10H2,1-5H3,(H,27,29)(H,26,28,30). The Labute approximate surface area is 195 Å². The monoisotopic (exact) mass is 466 g/mol. The summed E-state index contributed by atoms with van der Waals surface area (Å²) in [6.07, 6.45) is 2.58. The number of hydrogen-bond acceptors (Lipinski definition) is 5. The highest BCUT2D eigenvalue weighted by Gasteiger charge is 2.14. The predicted octanol–water partition coefficient (Wildman–Crippen LogP) is 4.63. The molecule has 1 amide bonds. The van der Waals surface area contributed by atoms with Crippen molar-refractivity contribution in [2.24, 2.45) is 0 Å². The summed E-state index contributed by atoms with van der Waals surface area (Å²) >= 11 is 0. The van der Waals surface area contributed by atoms with Crippen molar-refractivity contribution in [1.82, 2.24) is 9.97 Å². The van der Waals surface area contributed by atoms with Crippen LogP contribution in [0.5, 0.6) is 0 Å². The molecular weight excluding hydrogens is 436 g/mol. The number of carbonyl (C=O) groups is 1. The summed E-state index contributed by atoms with van der Waals surface area (Å²) in [5.74, 6) is -0.149. The molecule has 0 aliphatic carbocycles. The van der Waals surface area contributed by atoms with Crippen LogP contribution in [0.2, 0.25) is 0 Å². The van der Waals surface area contributed by atoms with E-state index >= 15 is 0 Å². The summed E-state index contributed by atoms with van der Waals surface area (Å²) in [6, 6.07) is 14.7. The lowest BCUT2D eigenvalue weighted by atomic mass is 9.96. The number of nitrogens with one attached hydrogen (secondary N) is 2. The van der Waals surface area contributed by atoms with E-state index in [-0.39, 0.29) is 11.8 Å². The highest BCUT2D eigenvalue weighted by molar-refractivity contribution is 7.92. The van der Waals surface area contributed by atoms with Crippen molar-refractivity contribution in [2.75, 3.05) is 16.3 Å². The maximum absolute atomic E-state index is 12.8. The molecule has 0 spiro atoms. The number of carbonyl (C=O) groups excluding carboxylic acids is 1. The lowest BCUT2D eigenvalue weighted by Gasteiger charge is -2.15. The first-order valence-electron chi connectivity index (χ1n) is 10.9. The van der Waals surface area contributed by atoms with E-state index in [1.54, 1.807) is 18.2 Å². The molecule has 0 saturated heterocycles. The van der Waals surface area contributed by atoms with Gasteiger partial charge in [0.1, 0.15) is 0 Å². The molecule has 0 bridgehead atoms. The second-order valence-corrected chi connectivity index (χ2v) is 10.1. The lowest BCUT2D eigenvalue weighted by Crippen LogP contribution is -2.13. The van der Waals surface area contributed by atoms with Crippen LogP contribution in [0.1, 0.15) is 58.5 Å². The summed E-state index contributed by atoms with van der Waals surface area (Å²) in [6.45, 7) is 7.80. The van der Waals surface area contributed by atoms with Gasteiger partial charge < -0.3 is 5.32 Å². The van der Waals surface area contributed by atoms with Crippen molar-refractivity contribution in [1.29, 1.82) is 0 Å². The summed E-state index contributed by atoms with van der Waals surface area (Å²) < 4.78 is 25.7. The average Bonchev–Trinajstić information content (AvgIpc) is 2.71. The van der Waals surface area contributed by atoms with E-state index in [4.69, 9.17) is 0 Å². The predicted molar refractivity (Wildman–Crippen MR) is 132 cm³/mol. The third-order valence-electron chi connectivity index (χ3n) is 5.14. The molecule has 0 saturated carbocycles. The van der Waals surface area contributed by atoms with E-state index in [1.807, 2.05) is 58.0 Å². The minimum atomic E-state index is -3.37. The second kappa shape index (κ2) is 10.1. The molecule has 0 radical (unpaired) electrons. The first kappa shape index (κ1) is 24.4. The number of nitrogens with zero attached hydrogens (tertiary/aromatic N) is 2. The van der Waals surface area contributed by atoms with Gasteiger partial charge in [0, 0.05) is 39.9 Å². The van der Waals surface area contributed by atoms with Crippen LogP contribution < -0.4 is 10.0 Å². The van der Waals surface area contributed by atoms with Crippen molar-refractivity contribution in [3.05, 3.63) is 82.4 Å². The summed E-state index contributed by atoms with van der Waals surface area (Å²) in [4.78, 5) is 21.9. The zero-order chi connectivity index (χ0) is 24.2. The van der Waals surface area contributed by atoms with Crippen LogP contribution in [0.15, 0.2) is 48.5 Å². The van der Waals surface area contributed by atoms with Gasteiger partial charge in [0.15, 0.2) is 0 Å². The lowest BCUT2D eigenvalue weighted by molar-refractivity contribution is 0.102. The fourth-order valence-corrected chi connectivity index (χ4v) is 4.26. The van der Waals surface area contributed by atoms with E-state index in [2.05, 4.69) is 20.0 Å². The summed E-state index contributed by atoms with van der Waals surface area (Å²) in [5, 5.41) is 2.97. The van der Waals surface area contributed by atoms with Crippen molar-refractivity contribution in [3.8, 4) is 0 Å². The highest BCUT2D eigenvalue weighted by atomic mass is 32.2. The molecule has 0 fully saturated rings. The van der Waals surface area contributed by atoms with Crippen molar-refractivity contribution < 1.29 is 13.2 Å². The Morgan fingerprint density at radius 2 is 1.70 bits per heavy atom. The van der Waals surface area contributed by atoms with Crippen LogP contribution in [0.3, 0.4) is 0 Å². The van der Waals surface area contributed by atoms with Gasteiger partial charge in [-0.25, -0.2) is 8.42 Å². The molecule has 3 rings (SSSR count). The van der Waals surface area contributed by atoms with E-state index in [9.17, 15) is 13.2 Å². The molecule has 2 N–H and O–H groups in total.